The van der Waals surface area contributed by atoms with E-state index in [1.165, 1.54) is 5.39 Å². The first-order valence-electron chi connectivity index (χ1n) is 17.2. The van der Waals surface area contributed by atoms with Crippen molar-refractivity contribution < 1.29 is 4.42 Å². The van der Waals surface area contributed by atoms with Gasteiger partial charge in [0.1, 0.15) is 5.58 Å². The highest BCUT2D eigenvalue weighted by Crippen LogP contribution is 2.37. The maximum atomic E-state index is 13.9. The third-order valence-electron chi connectivity index (χ3n) is 9.70. The van der Waals surface area contributed by atoms with E-state index in [0.29, 0.717) is 34.0 Å². The van der Waals surface area contributed by atoms with Gasteiger partial charge in [-0.2, -0.15) is 0 Å². The molecule has 0 atom stereocenters. The van der Waals surface area contributed by atoms with E-state index in [1.807, 2.05) is 97.1 Å². The average Bonchev–Trinajstić information content (AvgIpc) is 3.55. The van der Waals surface area contributed by atoms with Crippen molar-refractivity contribution >= 4 is 43.5 Å². The lowest BCUT2D eigenvalue weighted by atomic mass is 9.98. The summed E-state index contributed by atoms with van der Waals surface area (Å²) in [4.78, 5) is 28.5. The Bertz CT molecular complexity index is 2970. The molecule has 10 rings (SSSR count). The fraction of sp³-hybridized carbons (Fsp3) is 0. The first kappa shape index (κ1) is 29.7. The highest BCUT2D eigenvalue weighted by atomic mass is 16.4. The lowest BCUT2D eigenvalue weighted by Crippen LogP contribution is -2.03. The molecule has 244 valence electrons. The maximum absolute atomic E-state index is 13.9. The highest BCUT2D eigenvalue weighted by molar-refractivity contribution is 6.12. The van der Waals surface area contributed by atoms with Gasteiger partial charge < -0.3 is 8.98 Å². The van der Waals surface area contributed by atoms with E-state index < -0.39 is 5.63 Å². The maximum Gasteiger partial charge on any atom is 0.344 e. The lowest BCUT2D eigenvalue weighted by molar-refractivity contribution is 0.570. The predicted octanol–water partition coefficient (Wildman–Crippen LogP) is 10.9. The average molecular weight is 669 g/mol. The number of hydrogen-bond acceptors (Lipinski definition) is 5. The Balaban J connectivity index is 1.12. The van der Waals surface area contributed by atoms with E-state index in [0.717, 1.165) is 55.1 Å². The van der Waals surface area contributed by atoms with Crippen LogP contribution < -0.4 is 5.63 Å². The zero-order valence-corrected chi connectivity index (χ0v) is 27.8. The van der Waals surface area contributed by atoms with Crippen molar-refractivity contribution in [3.05, 3.63) is 180 Å². The van der Waals surface area contributed by atoms with Crippen LogP contribution in [-0.4, -0.2) is 19.5 Å². The fourth-order valence-electron chi connectivity index (χ4n) is 7.25. The molecule has 6 nitrogen and oxygen atoms in total. The summed E-state index contributed by atoms with van der Waals surface area (Å²) in [6.07, 6.45) is 0. The SMILES string of the molecule is O=c1oc2c(-c3nc(-c4ccccc4)nc(-c4ccccc4)n3)cccc2c2ccc(-c3ccc4c(c3)c3ccccc3n4-c3ccccc3)cc12. The molecule has 0 fully saturated rings. The van der Waals surface area contributed by atoms with Crippen LogP contribution >= 0.6 is 0 Å². The van der Waals surface area contributed by atoms with Crippen molar-refractivity contribution in [1.29, 1.82) is 0 Å². The molecule has 0 aliphatic carbocycles. The third-order valence-corrected chi connectivity index (χ3v) is 9.70. The Kier molecular flexibility index (Phi) is 6.86. The van der Waals surface area contributed by atoms with Crippen molar-refractivity contribution in [2.24, 2.45) is 0 Å². The van der Waals surface area contributed by atoms with Crippen molar-refractivity contribution in [1.82, 2.24) is 19.5 Å². The molecule has 0 saturated carbocycles. The topological polar surface area (TPSA) is 73.8 Å². The zero-order chi connectivity index (χ0) is 34.6. The molecule has 0 aliphatic heterocycles. The molecule has 0 saturated heterocycles. The summed E-state index contributed by atoms with van der Waals surface area (Å²) >= 11 is 0. The number of fused-ring (bicyclic) bond motifs is 6. The highest BCUT2D eigenvalue weighted by Gasteiger charge is 2.19. The fourth-order valence-corrected chi connectivity index (χ4v) is 7.25. The molecule has 0 aliphatic rings. The standard InChI is InChI=1S/C46H28N4O2/c51-46-39-28-31(32-24-26-41-38(27-32)35-19-10-11-22-40(35)50(41)33-17-8-3-9-18-33)23-25-34(39)36-20-12-21-37(42(36)52-46)45-48-43(29-13-4-1-5-14-29)47-44(49-45)30-15-6-2-7-16-30/h1-28H. The van der Waals surface area contributed by atoms with Crippen molar-refractivity contribution in [3.8, 4) is 51.0 Å². The predicted molar refractivity (Wildman–Crippen MR) is 209 cm³/mol. The quantitative estimate of drug-likeness (QED) is 0.135. The van der Waals surface area contributed by atoms with E-state index in [4.69, 9.17) is 19.4 Å². The van der Waals surface area contributed by atoms with Crippen LogP contribution in [0.15, 0.2) is 179 Å². The lowest BCUT2D eigenvalue weighted by Gasteiger charge is -2.11. The Morgan fingerprint density at radius 1 is 0.404 bits per heavy atom. The summed E-state index contributed by atoms with van der Waals surface area (Å²) in [7, 11) is 0. The Morgan fingerprint density at radius 3 is 1.67 bits per heavy atom. The van der Waals surface area contributed by atoms with E-state index in [2.05, 4.69) is 77.4 Å². The minimum Gasteiger partial charge on any atom is -0.421 e. The van der Waals surface area contributed by atoms with Crippen molar-refractivity contribution in [3.63, 3.8) is 0 Å². The van der Waals surface area contributed by atoms with Crippen LogP contribution in [0.25, 0.3) is 94.5 Å². The molecule has 3 heterocycles. The Morgan fingerprint density at radius 2 is 0.962 bits per heavy atom. The van der Waals surface area contributed by atoms with Gasteiger partial charge in [-0.05, 0) is 59.0 Å². The van der Waals surface area contributed by atoms with Gasteiger partial charge in [0.05, 0.1) is 22.0 Å². The number of benzene rings is 7. The van der Waals surface area contributed by atoms with Crippen molar-refractivity contribution in [2.75, 3.05) is 0 Å². The Hall–Kier alpha value is -7.18. The minimum absolute atomic E-state index is 0.417. The second-order valence-corrected chi connectivity index (χ2v) is 12.8. The van der Waals surface area contributed by atoms with Crippen LogP contribution in [0.2, 0.25) is 0 Å². The van der Waals surface area contributed by atoms with Gasteiger partial charge in [-0.3, -0.25) is 0 Å². The molecule has 7 aromatic carbocycles. The molecule has 0 amide bonds. The van der Waals surface area contributed by atoms with Gasteiger partial charge in [0.25, 0.3) is 0 Å². The van der Waals surface area contributed by atoms with Crippen LogP contribution in [0.4, 0.5) is 0 Å². The largest absolute Gasteiger partial charge is 0.421 e. The van der Waals surface area contributed by atoms with E-state index in [-0.39, 0.29) is 0 Å². The van der Waals surface area contributed by atoms with Gasteiger partial charge in [0.15, 0.2) is 17.5 Å². The molecule has 52 heavy (non-hydrogen) atoms. The molecule has 10 aromatic rings. The zero-order valence-electron chi connectivity index (χ0n) is 27.8. The van der Waals surface area contributed by atoms with Crippen LogP contribution in [0.1, 0.15) is 0 Å². The first-order chi connectivity index (χ1) is 25.7. The molecule has 0 spiro atoms. The summed E-state index contributed by atoms with van der Waals surface area (Å²) < 4.78 is 8.46. The smallest absolute Gasteiger partial charge is 0.344 e. The van der Waals surface area contributed by atoms with Gasteiger partial charge in [-0.25, -0.2) is 19.7 Å². The minimum atomic E-state index is -0.417. The summed E-state index contributed by atoms with van der Waals surface area (Å²) in [6.45, 7) is 0. The van der Waals surface area contributed by atoms with E-state index >= 15 is 0 Å². The van der Waals surface area contributed by atoms with Crippen LogP contribution in [-0.2, 0) is 0 Å². The number of rotatable bonds is 5. The van der Waals surface area contributed by atoms with E-state index in [1.54, 1.807) is 0 Å². The molecule has 0 radical (unpaired) electrons. The van der Waals surface area contributed by atoms with Gasteiger partial charge in [-0.1, -0.05) is 127 Å². The molecule has 3 aromatic heterocycles. The number of aromatic nitrogens is 4. The van der Waals surface area contributed by atoms with Gasteiger partial charge >= 0.3 is 5.63 Å². The third kappa shape index (κ3) is 4.88. The summed E-state index contributed by atoms with van der Waals surface area (Å²) in [5, 5.41) is 4.45. The van der Waals surface area contributed by atoms with Crippen LogP contribution in [0.3, 0.4) is 0 Å². The van der Waals surface area contributed by atoms with Gasteiger partial charge in [0, 0.05) is 33.0 Å². The molecular formula is C46H28N4O2. The Labute approximate surface area is 297 Å². The van der Waals surface area contributed by atoms with Crippen LogP contribution in [0, 0.1) is 0 Å². The van der Waals surface area contributed by atoms with Crippen LogP contribution in [0.5, 0.6) is 0 Å². The normalized spacial score (nSPS) is 11.5. The number of nitrogens with zero attached hydrogens (tertiary/aromatic N) is 4. The van der Waals surface area contributed by atoms with Gasteiger partial charge in [0.2, 0.25) is 0 Å². The second-order valence-electron chi connectivity index (χ2n) is 12.8. The first-order valence-corrected chi connectivity index (χ1v) is 17.2. The molecule has 0 unspecified atom stereocenters. The van der Waals surface area contributed by atoms with Gasteiger partial charge in [-0.15, -0.1) is 0 Å². The summed E-state index contributed by atoms with van der Waals surface area (Å²) in [5.41, 5.74) is 7.71. The number of hydrogen-bond donors (Lipinski definition) is 0. The van der Waals surface area contributed by atoms with Crippen molar-refractivity contribution in [2.45, 2.75) is 0 Å². The summed E-state index contributed by atoms with van der Waals surface area (Å²) in [6, 6.07) is 56.9. The molecule has 0 N–H and O–H groups in total. The number of para-hydroxylation sites is 3. The molecule has 0 bridgehead atoms. The monoisotopic (exact) mass is 668 g/mol. The molecular weight excluding hydrogens is 641 g/mol. The van der Waals surface area contributed by atoms with E-state index in [9.17, 15) is 4.79 Å². The molecule has 6 heteroatoms. The summed E-state index contributed by atoms with van der Waals surface area (Å²) in [5.74, 6) is 1.51. The second kappa shape index (κ2) is 12.0.